The number of anilines is 4. The summed E-state index contributed by atoms with van der Waals surface area (Å²) in [4.78, 5) is 73.1. The van der Waals surface area contributed by atoms with Gasteiger partial charge in [0.2, 0.25) is 12.3 Å². The van der Waals surface area contributed by atoms with Crippen molar-refractivity contribution in [3.05, 3.63) is 48.2 Å². The number of fused-ring (bicyclic) bond motifs is 1. The van der Waals surface area contributed by atoms with Crippen LogP contribution in [0.5, 0.6) is 0 Å². The summed E-state index contributed by atoms with van der Waals surface area (Å²) < 4.78 is 42.3. The lowest BCUT2D eigenvalue weighted by atomic mass is 9.78. The predicted molar refractivity (Wildman–Crippen MR) is 298 cm³/mol. The van der Waals surface area contributed by atoms with Gasteiger partial charge in [0.25, 0.3) is 12.4 Å². The number of likely N-dealkylation sites (N-methyl/N-ethyl adjacent to an activating group) is 1. The van der Waals surface area contributed by atoms with Crippen LogP contribution in [0.25, 0.3) is 33.8 Å². The topological polar surface area (TPSA) is 239 Å². The van der Waals surface area contributed by atoms with Crippen molar-refractivity contribution in [3.63, 3.8) is 0 Å². The molecule has 0 spiro atoms. The minimum atomic E-state index is -0.571. The van der Waals surface area contributed by atoms with Crippen LogP contribution in [0.2, 0.25) is 0 Å². The molecule has 1 saturated carbocycles. The fourth-order valence-corrected chi connectivity index (χ4v) is 10.1. The van der Waals surface area contributed by atoms with Gasteiger partial charge in [-0.1, -0.05) is 32.9 Å². The number of amides is 3. The number of carbonyl (C=O) groups is 4. The zero-order valence-electron chi connectivity index (χ0n) is 47.4. The minimum Gasteiger partial charge on any atom is -0.458 e. The average Bonchev–Trinajstić information content (AvgIpc) is 4.24. The van der Waals surface area contributed by atoms with Crippen LogP contribution >= 0.6 is 0 Å². The largest absolute Gasteiger partial charge is 0.458 e. The molecule has 7 heterocycles. The van der Waals surface area contributed by atoms with E-state index in [1.807, 2.05) is 49.7 Å². The Morgan fingerprint density at radius 2 is 1.49 bits per heavy atom. The van der Waals surface area contributed by atoms with Crippen LogP contribution < -0.4 is 26.2 Å². The van der Waals surface area contributed by atoms with Crippen LogP contribution in [-0.2, 0) is 29.5 Å². The molecule has 3 aliphatic heterocycles. The number of halogens is 2. The molecule has 1 unspecified atom stereocenters. The molecule has 4 fully saturated rings. The van der Waals surface area contributed by atoms with Crippen molar-refractivity contribution in [2.45, 2.75) is 131 Å². The summed E-state index contributed by atoms with van der Waals surface area (Å²) in [5.41, 5.74) is 9.76. The van der Waals surface area contributed by atoms with Crippen LogP contribution in [0.4, 0.5) is 31.7 Å². The maximum Gasteiger partial charge on any atom is 0.293 e. The standard InChI is InChI=1S/C27H39F2N5O5.C24H30N10O.2C2H6/c1-19(4-5-25(37)30-17-35)31-23-14-22(29)24(15-21(23)28)32-10-12-34(13-11-32)27(2,3)20-6-8-33(9-7-20)26(38)16-39-18-36;1-24(2,3)34-23-17(21(25)28-13-29-23)18(30-34)19-16(20(35-31-19)14-5-6-14)22-26-11-15(12-27-22)33-9-7-32(4)8-10-33;2*1-2/h14-15,17-20,31H,4-13,16H2,1-3H3,(H,30,35,37);11-14H,5-10H2,1-4H3,(H2,25,28,29);2*1-2H3. The molecule has 0 bridgehead atoms. The van der Waals surface area contributed by atoms with Crippen LogP contribution in [-0.4, -0.2) is 165 Å². The third-order valence-corrected chi connectivity index (χ3v) is 14.8. The first-order chi connectivity index (χ1) is 37.4. The molecule has 3 amide bonds. The van der Waals surface area contributed by atoms with Gasteiger partial charge in [0.05, 0.1) is 45.9 Å². The Morgan fingerprint density at radius 3 is 2.09 bits per heavy atom. The quantitative estimate of drug-likeness (QED) is 0.0836. The number of ether oxygens (including phenoxy) is 1. The van der Waals surface area contributed by atoms with E-state index in [1.54, 1.807) is 11.8 Å². The van der Waals surface area contributed by atoms with E-state index in [9.17, 15) is 23.6 Å². The van der Waals surface area contributed by atoms with Crippen LogP contribution in [0.1, 0.15) is 119 Å². The highest BCUT2D eigenvalue weighted by atomic mass is 19.1. The summed E-state index contributed by atoms with van der Waals surface area (Å²) in [6.07, 6.45) is 9.81. The van der Waals surface area contributed by atoms with Gasteiger partial charge < -0.3 is 39.9 Å². The lowest BCUT2D eigenvalue weighted by molar-refractivity contribution is -0.144. The summed E-state index contributed by atoms with van der Waals surface area (Å²) in [6, 6.07) is 2.06. The number of hydrogen-bond donors (Lipinski definition) is 3. The molecular weight excluding hydrogens is 1000 g/mol. The van der Waals surface area contributed by atoms with Crippen LogP contribution in [0, 0.1) is 17.6 Å². The number of imide groups is 1. The second-order valence-electron chi connectivity index (χ2n) is 21.2. The first kappa shape index (κ1) is 60.4. The van der Waals surface area contributed by atoms with Crippen molar-refractivity contribution in [2.24, 2.45) is 5.92 Å². The van der Waals surface area contributed by atoms with Gasteiger partial charge in [-0.05, 0) is 86.6 Å². The molecule has 9 rings (SSSR count). The van der Waals surface area contributed by atoms with E-state index in [2.05, 4.69) is 86.9 Å². The Kier molecular flexibility index (Phi) is 21.0. The maximum atomic E-state index is 15.1. The highest BCUT2D eigenvalue weighted by Crippen LogP contribution is 2.48. The van der Waals surface area contributed by atoms with Gasteiger partial charge >= 0.3 is 0 Å². The molecule has 426 valence electrons. The highest BCUT2D eigenvalue weighted by Gasteiger charge is 2.40. The zero-order valence-corrected chi connectivity index (χ0v) is 47.4. The monoisotopic (exact) mass is 1090 g/mol. The number of piperazine rings is 2. The van der Waals surface area contributed by atoms with Gasteiger partial charge in [-0.25, -0.2) is 33.4 Å². The van der Waals surface area contributed by atoms with Crippen LogP contribution in [0.3, 0.4) is 0 Å². The molecule has 4 aromatic heterocycles. The number of nitrogens with two attached hydrogens (primary N) is 1. The predicted octanol–water partition coefficient (Wildman–Crippen LogP) is 7.09. The first-order valence-electron chi connectivity index (χ1n) is 27.4. The normalized spacial score (nSPS) is 16.9. The molecule has 21 nitrogen and oxygen atoms in total. The lowest BCUT2D eigenvalue weighted by Crippen LogP contribution is -2.59. The van der Waals surface area contributed by atoms with Gasteiger partial charge in [0.1, 0.15) is 35.2 Å². The average molecular weight is 1090 g/mol. The van der Waals surface area contributed by atoms with Crippen LogP contribution in [0.15, 0.2) is 35.4 Å². The van der Waals surface area contributed by atoms with E-state index in [1.165, 1.54) is 12.4 Å². The number of aromatic nitrogens is 7. The van der Waals surface area contributed by atoms with Crippen molar-refractivity contribution in [2.75, 3.05) is 100.0 Å². The summed E-state index contributed by atoms with van der Waals surface area (Å²) in [5, 5.41) is 15.0. The SMILES string of the molecule is CC.CC.CC(CCC(=O)NC=O)Nc1cc(F)c(N2CCN(C(C)(C)C3CCN(C(=O)COC=O)CC3)CC2)cc1F.CN1CCN(c2cnc(-c3c(-c4nn(C(C)(C)C)c5ncnc(N)c45)noc3C3CC3)nc2)CC1. The summed E-state index contributed by atoms with van der Waals surface area (Å²) in [6.45, 7) is 28.1. The van der Waals surface area contributed by atoms with E-state index < -0.39 is 17.5 Å². The lowest BCUT2D eigenvalue weighted by Gasteiger charge is -2.50. The second-order valence-corrected chi connectivity index (χ2v) is 21.2. The Hall–Kier alpha value is -6.88. The molecule has 23 heteroatoms. The van der Waals surface area contributed by atoms with E-state index in [4.69, 9.17) is 25.3 Å². The van der Waals surface area contributed by atoms with Gasteiger partial charge in [0.15, 0.2) is 23.8 Å². The molecule has 5 aromatic rings. The summed E-state index contributed by atoms with van der Waals surface area (Å²) in [5.74, 6) is 0.725. The number of nitrogen functional groups attached to an aromatic ring is 1. The van der Waals surface area contributed by atoms with E-state index in [0.717, 1.165) is 74.9 Å². The second kappa shape index (κ2) is 27.1. The number of likely N-dealkylation sites (tertiary alicyclic amines) is 1. The van der Waals surface area contributed by atoms with Gasteiger partial charge in [0, 0.05) is 101 Å². The molecule has 4 aliphatic rings. The van der Waals surface area contributed by atoms with Gasteiger partial charge in [-0.3, -0.25) is 29.4 Å². The maximum absolute atomic E-state index is 15.1. The Bertz CT molecular complexity index is 2770. The van der Waals surface area contributed by atoms with Crippen molar-refractivity contribution in [1.29, 1.82) is 0 Å². The fraction of sp³-hybridized carbons (Fsp3) is 0.600. The molecule has 1 aromatic carbocycles. The number of rotatable bonds is 16. The third-order valence-electron chi connectivity index (χ3n) is 14.8. The first-order valence-corrected chi connectivity index (χ1v) is 27.4. The molecule has 0 radical (unpaired) electrons. The number of carbonyl (C=O) groups excluding carboxylic acids is 4. The molecule has 1 aliphatic carbocycles. The zero-order chi connectivity index (χ0) is 56.9. The number of piperidine rings is 1. The van der Waals surface area contributed by atoms with Gasteiger partial charge in [-0.15, -0.1) is 0 Å². The number of nitrogens with one attached hydrogen (secondary N) is 2. The molecule has 4 N–H and O–H groups in total. The molecular formula is C55H81F2N15O6. The van der Waals surface area contributed by atoms with Crippen molar-refractivity contribution in [1.82, 2.24) is 54.9 Å². The Balaban J connectivity index is 0.000000238. The smallest absolute Gasteiger partial charge is 0.293 e. The third kappa shape index (κ3) is 14.4. The summed E-state index contributed by atoms with van der Waals surface area (Å²) >= 11 is 0. The highest BCUT2D eigenvalue weighted by molar-refractivity contribution is 6.00. The van der Waals surface area contributed by atoms with E-state index in [-0.39, 0.29) is 53.9 Å². The Morgan fingerprint density at radius 1 is 0.846 bits per heavy atom. The van der Waals surface area contributed by atoms with E-state index in [0.29, 0.717) is 98.0 Å². The number of hydrogen-bond acceptors (Lipinski definition) is 18. The van der Waals surface area contributed by atoms with E-state index >= 15 is 4.39 Å². The van der Waals surface area contributed by atoms with Gasteiger partial charge in [-0.2, -0.15) is 5.10 Å². The Labute approximate surface area is 457 Å². The minimum absolute atomic E-state index is 0.0295. The fourth-order valence-electron chi connectivity index (χ4n) is 10.1. The molecule has 3 saturated heterocycles. The van der Waals surface area contributed by atoms with Crippen molar-refractivity contribution in [3.8, 4) is 22.8 Å². The van der Waals surface area contributed by atoms with Crippen molar-refractivity contribution >= 4 is 58.6 Å². The molecule has 78 heavy (non-hydrogen) atoms. The summed E-state index contributed by atoms with van der Waals surface area (Å²) in [7, 11) is 2.15. The number of nitrogens with zero attached hydrogens (tertiary/aromatic N) is 12. The van der Waals surface area contributed by atoms with Crippen molar-refractivity contribution < 1.29 is 37.2 Å². The number of benzene rings is 1. The molecule has 1 atom stereocenters.